The van der Waals surface area contributed by atoms with Gasteiger partial charge in [-0.3, -0.25) is 0 Å². The smallest absolute Gasteiger partial charge is 0.166 e. The van der Waals surface area contributed by atoms with Gasteiger partial charge in [-0.25, -0.2) is 17.6 Å². The molecular weight excluding hydrogens is 464 g/mol. The van der Waals surface area contributed by atoms with Crippen molar-refractivity contribution < 1.29 is 22.3 Å². The van der Waals surface area contributed by atoms with Crippen LogP contribution in [0, 0.1) is 23.3 Å². The number of halogens is 4. The standard InChI is InChI=1S/C31H34F4O/c1-3-5-6-8-24-15-13-23(19-36-24)27-18-17-26(30(34)31(27)35)21-11-9-20(10-12-21)25-16-14-22(7-4-2)28(32)29(25)33/h9-12,14,16-18,23-24H,3-8,13,15,19H2,1-2H3. The van der Waals surface area contributed by atoms with Crippen LogP contribution in [0.1, 0.15) is 75.8 Å². The van der Waals surface area contributed by atoms with Gasteiger partial charge in [0.2, 0.25) is 0 Å². The molecule has 192 valence electrons. The Hall–Kier alpha value is -2.66. The van der Waals surface area contributed by atoms with Crippen LogP contribution < -0.4 is 0 Å². The van der Waals surface area contributed by atoms with Crippen LogP contribution in [0.2, 0.25) is 0 Å². The van der Waals surface area contributed by atoms with E-state index in [2.05, 4.69) is 6.92 Å². The molecule has 5 heteroatoms. The lowest BCUT2D eigenvalue weighted by atomic mass is 9.88. The molecular formula is C31H34F4O. The number of unbranched alkanes of at least 4 members (excludes halogenated alkanes) is 2. The maximum atomic E-state index is 15.1. The number of ether oxygens (including phenoxy) is 1. The first-order valence-electron chi connectivity index (χ1n) is 13.1. The van der Waals surface area contributed by atoms with E-state index >= 15 is 8.78 Å². The van der Waals surface area contributed by atoms with Gasteiger partial charge >= 0.3 is 0 Å². The van der Waals surface area contributed by atoms with Gasteiger partial charge in [-0.15, -0.1) is 0 Å². The zero-order chi connectivity index (χ0) is 25.7. The molecule has 0 saturated carbocycles. The molecule has 0 aliphatic carbocycles. The first-order chi connectivity index (χ1) is 17.4. The Kier molecular flexibility index (Phi) is 8.84. The molecule has 0 aromatic heterocycles. The Morgan fingerprint density at radius 3 is 1.92 bits per heavy atom. The van der Waals surface area contributed by atoms with Gasteiger partial charge in [-0.1, -0.05) is 88.1 Å². The molecule has 0 amide bonds. The van der Waals surface area contributed by atoms with Crippen LogP contribution >= 0.6 is 0 Å². The van der Waals surface area contributed by atoms with Crippen LogP contribution in [0.25, 0.3) is 22.3 Å². The summed E-state index contributed by atoms with van der Waals surface area (Å²) in [4.78, 5) is 0. The highest BCUT2D eigenvalue weighted by Gasteiger charge is 2.27. The van der Waals surface area contributed by atoms with E-state index in [1.807, 2.05) is 6.92 Å². The van der Waals surface area contributed by atoms with Crippen LogP contribution in [0.3, 0.4) is 0 Å². The van der Waals surface area contributed by atoms with Crippen molar-refractivity contribution in [3.05, 3.63) is 82.9 Å². The minimum Gasteiger partial charge on any atom is -0.378 e. The third-order valence-electron chi connectivity index (χ3n) is 7.24. The lowest BCUT2D eigenvalue weighted by molar-refractivity contribution is -0.00277. The summed E-state index contributed by atoms with van der Waals surface area (Å²) in [6.45, 7) is 4.48. The molecule has 1 nitrogen and oxygen atoms in total. The molecule has 0 radical (unpaired) electrons. The summed E-state index contributed by atoms with van der Waals surface area (Å²) in [7, 11) is 0. The van der Waals surface area contributed by atoms with Crippen LogP contribution in [-0.4, -0.2) is 12.7 Å². The van der Waals surface area contributed by atoms with E-state index in [1.165, 1.54) is 6.42 Å². The molecule has 1 aliphatic heterocycles. The van der Waals surface area contributed by atoms with Crippen LogP contribution in [0.15, 0.2) is 48.5 Å². The highest BCUT2D eigenvalue weighted by Crippen LogP contribution is 2.36. The fourth-order valence-electron chi connectivity index (χ4n) is 5.11. The quantitative estimate of drug-likeness (QED) is 0.211. The molecule has 1 fully saturated rings. The number of hydrogen-bond acceptors (Lipinski definition) is 1. The normalized spacial score (nSPS) is 17.9. The van der Waals surface area contributed by atoms with Crippen molar-refractivity contribution in [2.45, 2.75) is 77.2 Å². The molecule has 0 N–H and O–H groups in total. The SMILES string of the molecule is CCCCCC1CCC(c2ccc(-c3ccc(-c4ccc(CCC)c(F)c4F)cc3)c(F)c2F)CO1. The molecule has 1 heterocycles. The second-order valence-corrected chi connectivity index (χ2v) is 9.78. The predicted molar refractivity (Wildman–Crippen MR) is 137 cm³/mol. The maximum absolute atomic E-state index is 15.1. The van der Waals surface area contributed by atoms with Crippen molar-refractivity contribution in [2.24, 2.45) is 0 Å². The van der Waals surface area contributed by atoms with Crippen LogP contribution in [0.4, 0.5) is 17.6 Å². The molecule has 2 unspecified atom stereocenters. The first-order valence-corrected chi connectivity index (χ1v) is 13.1. The van der Waals surface area contributed by atoms with Gasteiger partial charge in [0.25, 0.3) is 0 Å². The van der Waals surface area contributed by atoms with Crippen molar-refractivity contribution in [3.8, 4) is 22.3 Å². The molecule has 0 bridgehead atoms. The van der Waals surface area contributed by atoms with Crippen molar-refractivity contribution in [1.82, 2.24) is 0 Å². The average molecular weight is 499 g/mol. The van der Waals surface area contributed by atoms with E-state index in [1.54, 1.807) is 48.5 Å². The highest BCUT2D eigenvalue weighted by molar-refractivity contribution is 5.71. The summed E-state index contributed by atoms with van der Waals surface area (Å²) in [5, 5.41) is 0. The van der Waals surface area contributed by atoms with Gasteiger partial charge < -0.3 is 4.74 Å². The van der Waals surface area contributed by atoms with E-state index in [9.17, 15) is 8.78 Å². The summed E-state index contributed by atoms with van der Waals surface area (Å²) in [6.07, 6.45) is 7.53. The molecule has 36 heavy (non-hydrogen) atoms. The Balaban J connectivity index is 1.49. The predicted octanol–water partition coefficient (Wildman–Crippen LogP) is 9.37. The minimum atomic E-state index is -0.897. The number of benzene rings is 3. The monoisotopic (exact) mass is 498 g/mol. The van der Waals surface area contributed by atoms with Gasteiger partial charge in [0, 0.05) is 17.0 Å². The van der Waals surface area contributed by atoms with Gasteiger partial charge in [0.1, 0.15) is 0 Å². The Morgan fingerprint density at radius 2 is 1.33 bits per heavy atom. The van der Waals surface area contributed by atoms with E-state index in [4.69, 9.17) is 4.74 Å². The van der Waals surface area contributed by atoms with Crippen molar-refractivity contribution in [2.75, 3.05) is 6.61 Å². The molecule has 4 rings (SSSR count). The number of aryl methyl sites for hydroxylation is 1. The fourth-order valence-corrected chi connectivity index (χ4v) is 5.11. The number of hydrogen-bond donors (Lipinski definition) is 0. The Bertz CT molecular complexity index is 1160. The summed E-state index contributed by atoms with van der Waals surface area (Å²) in [6, 6.07) is 12.8. The zero-order valence-corrected chi connectivity index (χ0v) is 21.1. The topological polar surface area (TPSA) is 9.23 Å². The second kappa shape index (κ2) is 12.1. The van der Waals surface area contributed by atoms with E-state index in [-0.39, 0.29) is 23.1 Å². The molecule has 3 aromatic carbocycles. The summed E-state index contributed by atoms with van der Waals surface area (Å²) < 4.78 is 65.2. The molecule has 1 aliphatic rings. The van der Waals surface area contributed by atoms with Crippen LogP contribution in [0.5, 0.6) is 0 Å². The van der Waals surface area contributed by atoms with Crippen molar-refractivity contribution in [1.29, 1.82) is 0 Å². The third kappa shape index (κ3) is 5.67. The number of rotatable bonds is 9. The summed E-state index contributed by atoms with van der Waals surface area (Å²) in [5.74, 6) is -3.62. The third-order valence-corrected chi connectivity index (χ3v) is 7.24. The lowest BCUT2D eigenvalue weighted by Gasteiger charge is -2.29. The Morgan fingerprint density at radius 1 is 0.694 bits per heavy atom. The lowest BCUT2D eigenvalue weighted by Crippen LogP contribution is -2.25. The average Bonchev–Trinajstić information content (AvgIpc) is 2.90. The first kappa shape index (κ1) is 26.4. The second-order valence-electron chi connectivity index (χ2n) is 9.78. The molecule has 2 atom stereocenters. The highest BCUT2D eigenvalue weighted by atomic mass is 19.2. The molecule has 3 aromatic rings. The maximum Gasteiger partial charge on any atom is 0.166 e. The fraction of sp³-hybridized carbons (Fsp3) is 0.419. The summed E-state index contributed by atoms with van der Waals surface area (Å²) in [5.41, 5.74) is 1.94. The largest absolute Gasteiger partial charge is 0.378 e. The van der Waals surface area contributed by atoms with Gasteiger partial charge in [0.05, 0.1) is 12.7 Å². The molecule has 0 spiro atoms. The van der Waals surface area contributed by atoms with Gasteiger partial charge in [-0.2, -0.15) is 0 Å². The van der Waals surface area contributed by atoms with E-state index < -0.39 is 23.3 Å². The van der Waals surface area contributed by atoms with E-state index in [0.717, 1.165) is 38.5 Å². The van der Waals surface area contributed by atoms with Gasteiger partial charge in [0.15, 0.2) is 23.3 Å². The minimum absolute atomic E-state index is 0.141. The summed E-state index contributed by atoms with van der Waals surface area (Å²) >= 11 is 0. The van der Waals surface area contributed by atoms with Crippen molar-refractivity contribution >= 4 is 0 Å². The Labute approximate surface area is 211 Å². The van der Waals surface area contributed by atoms with E-state index in [0.29, 0.717) is 35.3 Å². The zero-order valence-electron chi connectivity index (χ0n) is 21.1. The van der Waals surface area contributed by atoms with Crippen molar-refractivity contribution in [3.63, 3.8) is 0 Å². The van der Waals surface area contributed by atoms with Gasteiger partial charge in [-0.05, 0) is 47.9 Å². The molecule has 1 saturated heterocycles. The van der Waals surface area contributed by atoms with Crippen LogP contribution in [-0.2, 0) is 11.2 Å².